The van der Waals surface area contributed by atoms with Crippen molar-refractivity contribution >= 4 is 34.9 Å². The highest BCUT2D eigenvalue weighted by Gasteiger charge is 2.27. The number of benzene rings is 2. The molecule has 1 aliphatic heterocycles. The molecule has 2 aromatic rings. The van der Waals surface area contributed by atoms with E-state index in [1.165, 1.54) is 17.0 Å². The van der Waals surface area contributed by atoms with Crippen LogP contribution in [-0.2, 0) is 14.3 Å². The fourth-order valence-corrected chi connectivity index (χ4v) is 3.45. The Hall–Kier alpha value is -3.99. The molecule has 11 heteroatoms. The van der Waals surface area contributed by atoms with Crippen molar-refractivity contribution in [2.24, 2.45) is 0 Å². The van der Waals surface area contributed by atoms with Gasteiger partial charge in [0.25, 0.3) is 5.69 Å². The third-order valence-electron chi connectivity index (χ3n) is 5.31. The highest BCUT2D eigenvalue weighted by molar-refractivity contribution is 5.97. The van der Waals surface area contributed by atoms with Crippen molar-refractivity contribution in [2.45, 2.75) is 13.8 Å². The lowest BCUT2D eigenvalue weighted by Crippen LogP contribution is -2.41. The Labute approximate surface area is 196 Å². The first-order chi connectivity index (χ1) is 16.3. The Morgan fingerprint density at radius 1 is 1.18 bits per heavy atom. The van der Waals surface area contributed by atoms with Crippen LogP contribution in [0.25, 0.3) is 0 Å². The summed E-state index contributed by atoms with van der Waals surface area (Å²) in [5.41, 5.74) is 1.02. The van der Waals surface area contributed by atoms with Gasteiger partial charge in [0.15, 0.2) is 5.75 Å². The molecule has 1 N–H and O–H groups in total. The first-order valence-corrected chi connectivity index (χ1v) is 10.8. The monoisotopic (exact) mass is 470 g/mol. The van der Waals surface area contributed by atoms with Crippen molar-refractivity contribution in [3.8, 4) is 5.75 Å². The molecule has 0 spiro atoms. The van der Waals surface area contributed by atoms with Crippen molar-refractivity contribution < 1.29 is 28.8 Å². The maximum Gasteiger partial charge on any atom is 0.338 e. The van der Waals surface area contributed by atoms with Crippen LogP contribution in [0.4, 0.5) is 17.1 Å². The number of non-ortho nitro benzene ring substituents is 1. The zero-order valence-electron chi connectivity index (χ0n) is 19.0. The predicted octanol–water partition coefficient (Wildman–Crippen LogP) is 2.46. The summed E-state index contributed by atoms with van der Waals surface area (Å²) >= 11 is 0. The second-order valence-corrected chi connectivity index (χ2v) is 7.53. The molecule has 0 atom stereocenters. The van der Waals surface area contributed by atoms with E-state index in [1.807, 2.05) is 13.8 Å². The maximum atomic E-state index is 12.5. The summed E-state index contributed by atoms with van der Waals surface area (Å²) in [5, 5.41) is 13.7. The zero-order valence-corrected chi connectivity index (χ0v) is 19.0. The number of anilines is 2. The van der Waals surface area contributed by atoms with Crippen LogP contribution in [0.2, 0.25) is 0 Å². The molecule has 1 heterocycles. The van der Waals surface area contributed by atoms with Crippen molar-refractivity contribution in [2.75, 3.05) is 49.5 Å². The van der Waals surface area contributed by atoms with E-state index in [2.05, 4.69) is 10.2 Å². The normalized spacial score (nSPS) is 12.7. The molecule has 0 radical (unpaired) electrons. The number of nitro groups is 1. The number of amides is 1. The summed E-state index contributed by atoms with van der Waals surface area (Å²) in [4.78, 5) is 50.6. The molecular weight excluding hydrogens is 444 g/mol. The molecule has 3 rings (SSSR count). The first-order valence-electron chi connectivity index (χ1n) is 10.8. The van der Waals surface area contributed by atoms with Crippen LogP contribution < -0.4 is 15.0 Å². The van der Waals surface area contributed by atoms with Gasteiger partial charge >= 0.3 is 11.9 Å². The summed E-state index contributed by atoms with van der Waals surface area (Å²) in [5.74, 6) is -1.44. The van der Waals surface area contributed by atoms with Gasteiger partial charge in [0.05, 0.1) is 28.8 Å². The van der Waals surface area contributed by atoms with Gasteiger partial charge in [0.1, 0.15) is 13.2 Å². The highest BCUT2D eigenvalue weighted by atomic mass is 16.6. The lowest BCUT2D eigenvalue weighted by molar-refractivity contribution is -0.384. The summed E-state index contributed by atoms with van der Waals surface area (Å²) in [6.45, 7) is 6.46. The van der Waals surface area contributed by atoms with E-state index in [0.717, 1.165) is 19.2 Å². The molecule has 180 valence electrons. The number of likely N-dealkylation sites (N-methyl/N-ethyl adjacent to an activating group) is 1. The quantitative estimate of drug-likeness (QED) is 0.241. The number of nitro benzene ring substituents is 1. The number of esters is 2. The van der Waals surface area contributed by atoms with Crippen molar-refractivity contribution in [3.63, 3.8) is 0 Å². The van der Waals surface area contributed by atoms with Crippen molar-refractivity contribution in [1.82, 2.24) is 4.90 Å². The number of hydrogen-bond acceptors (Lipinski definition) is 9. The lowest BCUT2D eigenvalue weighted by atomic mass is 10.2. The number of nitrogens with zero attached hydrogens (tertiary/aromatic N) is 3. The number of carbonyl (C=O) groups is 3. The van der Waals surface area contributed by atoms with Gasteiger partial charge in [-0.2, -0.15) is 0 Å². The molecular formula is C23H26N4O7. The van der Waals surface area contributed by atoms with E-state index in [-0.39, 0.29) is 24.5 Å². The van der Waals surface area contributed by atoms with E-state index >= 15 is 0 Å². The second kappa shape index (κ2) is 11.2. The average Bonchev–Trinajstić information content (AvgIpc) is 2.81. The topological polar surface area (TPSA) is 131 Å². The Balaban J connectivity index is 1.57. The molecule has 0 aliphatic carbocycles. The third kappa shape index (κ3) is 6.29. The van der Waals surface area contributed by atoms with Crippen LogP contribution in [0, 0.1) is 10.1 Å². The van der Waals surface area contributed by atoms with Crippen molar-refractivity contribution in [1.29, 1.82) is 0 Å². The number of carbonyl (C=O) groups excluding carboxylic acids is 3. The van der Waals surface area contributed by atoms with Crippen LogP contribution in [0.5, 0.6) is 5.75 Å². The summed E-state index contributed by atoms with van der Waals surface area (Å²) in [7, 11) is 0. The van der Waals surface area contributed by atoms with Gasteiger partial charge in [-0.25, -0.2) is 9.59 Å². The minimum absolute atomic E-state index is 0.0297. The molecule has 0 aromatic heterocycles. The minimum atomic E-state index is -0.621. The standard InChI is InChI=1S/C23H26N4O7/c1-3-25(4-2)11-12-33-23(30)16-5-7-17(8-6-16)24-21(28)14-26-15-22(29)34-20-13-18(27(31)32)9-10-19(20)26/h5-10,13H,3-4,11-12,14-15H2,1-2H3,(H,24,28). The molecule has 1 amide bonds. The van der Waals surface area contributed by atoms with Gasteiger partial charge in [-0.15, -0.1) is 0 Å². The number of rotatable bonds is 10. The van der Waals surface area contributed by atoms with E-state index in [4.69, 9.17) is 9.47 Å². The molecule has 1 aliphatic rings. The van der Waals surface area contributed by atoms with Crippen LogP contribution in [-0.4, -0.2) is 67.0 Å². The van der Waals surface area contributed by atoms with Gasteiger partial charge in [-0.3, -0.25) is 14.9 Å². The largest absolute Gasteiger partial charge is 0.461 e. The first kappa shape index (κ1) is 24.6. The third-order valence-corrected chi connectivity index (χ3v) is 5.31. The number of ether oxygens (including phenoxy) is 2. The van der Waals surface area contributed by atoms with E-state index in [9.17, 15) is 24.5 Å². The molecule has 0 unspecified atom stereocenters. The summed E-state index contributed by atoms with van der Waals surface area (Å²) in [6.07, 6.45) is 0. The highest BCUT2D eigenvalue weighted by Crippen LogP contribution is 2.35. The average molecular weight is 470 g/mol. The van der Waals surface area contributed by atoms with Gasteiger partial charge in [-0.1, -0.05) is 13.8 Å². The Morgan fingerprint density at radius 3 is 2.53 bits per heavy atom. The smallest absolute Gasteiger partial charge is 0.338 e. The molecule has 11 nitrogen and oxygen atoms in total. The predicted molar refractivity (Wildman–Crippen MR) is 124 cm³/mol. The zero-order chi connectivity index (χ0) is 24.7. The van der Waals surface area contributed by atoms with Gasteiger partial charge in [0.2, 0.25) is 5.91 Å². The fraction of sp³-hybridized carbons (Fsp3) is 0.348. The SMILES string of the molecule is CCN(CC)CCOC(=O)c1ccc(NC(=O)CN2CC(=O)Oc3cc([N+](=O)[O-])ccc32)cc1. The van der Waals surface area contributed by atoms with Gasteiger partial charge in [0, 0.05) is 18.3 Å². The van der Waals surface area contributed by atoms with E-state index in [1.54, 1.807) is 24.3 Å². The maximum absolute atomic E-state index is 12.5. The van der Waals surface area contributed by atoms with Crippen LogP contribution >= 0.6 is 0 Å². The lowest BCUT2D eigenvalue weighted by Gasteiger charge is -2.28. The Kier molecular flexibility index (Phi) is 8.14. The van der Waals surface area contributed by atoms with Crippen LogP contribution in [0.15, 0.2) is 42.5 Å². The van der Waals surface area contributed by atoms with Crippen molar-refractivity contribution in [3.05, 3.63) is 58.1 Å². The molecule has 2 aromatic carbocycles. The van der Waals surface area contributed by atoms with Gasteiger partial charge in [-0.05, 0) is 43.4 Å². The number of fused-ring (bicyclic) bond motifs is 1. The Morgan fingerprint density at radius 2 is 1.88 bits per heavy atom. The minimum Gasteiger partial charge on any atom is -0.461 e. The summed E-state index contributed by atoms with van der Waals surface area (Å²) in [6, 6.07) is 10.2. The van der Waals surface area contributed by atoms with E-state index in [0.29, 0.717) is 30.1 Å². The fourth-order valence-electron chi connectivity index (χ4n) is 3.45. The molecule has 0 saturated carbocycles. The number of nitrogens with one attached hydrogen (secondary N) is 1. The number of hydrogen-bond donors (Lipinski definition) is 1. The van der Waals surface area contributed by atoms with Crippen LogP contribution in [0.1, 0.15) is 24.2 Å². The molecule has 0 bridgehead atoms. The summed E-state index contributed by atoms with van der Waals surface area (Å²) < 4.78 is 10.4. The molecule has 0 saturated heterocycles. The second-order valence-electron chi connectivity index (χ2n) is 7.53. The van der Waals surface area contributed by atoms with Crippen LogP contribution in [0.3, 0.4) is 0 Å². The van der Waals surface area contributed by atoms with E-state index < -0.39 is 22.8 Å². The Bertz CT molecular complexity index is 1070. The molecule has 0 fully saturated rings. The van der Waals surface area contributed by atoms with Gasteiger partial charge < -0.3 is 24.6 Å². The molecule has 34 heavy (non-hydrogen) atoms.